The van der Waals surface area contributed by atoms with Crippen LogP contribution in [-0.2, 0) is 22.6 Å². The summed E-state index contributed by atoms with van der Waals surface area (Å²) in [5.74, 6) is -0.406. The van der Waals surface area contributed by atoms with Crippen LogP contribution in [0.4, 0.5) is 0 Å². The number of imidazole rings is 1. The zero-order chi connectivity index (χ0) is 13.0. The zero-order valence-electron chi connectivity index (χ0n) is 10.3. The Hall–Kier alpha value is -1.88. The number of rotatable bonds is 5. The molecule has 0 saturated carbocycles. The maximum Gasteiger partial charge on any atom is 0.308 e. The minimum atomic E-state index is -0.406. The van der Waals surface area contributed by atoms with Crippen molar-refractivity contribution < 1.29 is 14.6 Å². The number of fused-ring (bicyclic) bond motifs is 1. The van der Waals surface area contributed by atoms with Crippen LogP contribution in [-0.4, -0.2) is 27.1 Å². The molecule has 0 aliphatic carbocycles. The average Bonchev–Trinajstić information content (AvgIpc) is 2.74. The molecule has 18 heavy (non-hydrogen) atoms. The second-order valence-corrected chi connectivity index (χ2v) is 3.92. The summed E-state index contributed by atoms with van der Waals surface area (Å²) in [7, 11) is 0. The molecule has 96 valence electrons. The minimum Gasteiger partial charge on any atom is -0.459 e. The third-order valence-corrected chi connectivity index (χ3v) is 2.73. The van der Waals surface area contributed by atoms with Gasteiger partial charge in [-0.1, -0.05) is 13.0 Å². The van der Waals surface area contributed by atoms with E-state index in [1.54, 1.807) is 0 Å². The third kappa shape index (κ3) is 2.51. The van der Waals surface area contributed by atoms with Gasteiger partial charge in [0.25, 0.3) is 0 Å². The van der Waals surface area contributed by atoms with E-state index in [-0.39, 0.29) is 19.6 Å². The van der Waals surface area contributed by atoms with E-state index < -0.39 is 5.97 Å². The van der Waals surface area contributed by atoms with Crippen molar-refractivity contribution in [2.24, 2.45) is 0 Å². The van der Waals surface area contributed by atoms with Crippen molar-refractivity contribution >= 4 is 11.6 Å². The highest BCUT2D eigenvalue weighted by molar-refractivity contribution is 5.69. The first-order valence-corrected chi connectivity index (χ1v) is 5.97. The fourth-order valence-electron chi connectivity index (χ4n) is 1.90. The van der Waals surface area contributed by atoms with Gasteiger partial charge in [0.2, 0.25) is 0 Å². The molecule has 1 N–H and O–H groups in total. The highest BCUT2D eigenvalue weighted by Gasteiger charge is 2.12. The van der Waals surface area contributed by atoms with E-state index in [9.17, 15) is 4.79 Å². The molecule has 2 aromatic rings. The van der Waals surface area contributed by atoms with Crippen molar-refractivity contribution in [3.63, 3.8) is 0 Å². The van der Waals surface area contributed by atoms with E-state index in [2.05, 4.69) is 4.98 Å². The van der Waals surface area contributed by atoms with Gasteiger partial charge < -0.3 is 14.2 Å². The molecule has 5 nitrogen and oxygen atoms in total. The van der Waals surface area contributed by atoms with Crippen LogP contribution in [0.15, 0.2) is 24.4 Å². The molecule has 0 aliphatic rings. The lowest BCUT2D eigenvalue weighted by molar-refractivity contribution is -0.145. The number of hydrogen-bond donors (Lipinski definition) is 1. The highest BCUT2D eigenvalue weighted by atomic mass is 16.5. The molecule has 5 heteroatoms. The molecule has 0 spiro atoms. The Balaban J connectivity index is 2.19. The topological polar surface area (TPSA) is 63.8 Å². The molecule has 0 aliphatic heterocycles. The number of pyridine rings is 1. The second-order valence-electron chi connectivity index (χ2n) is 3.92. The Kier molecular flexibility index (Phi) is 3.94. The van der Waals surface area contributed by atoms with Gasteiger partial charge in [-0.05, 0) is 18.6 Å². The number of carbonyl (C=O) groups is 1. The Morgan fingerprint density at radius 3 is 3.06 bits per heavy atom. The molecule has 0 saturated heterocycles. The predicted octanol–water partition coefficient (Wildman–Crippen LogP) is 1.32. The first-order chi connectivity index (χ1) is 8.76. The van der Waals surface area contributed by atoms with Gasteiger partial charge in [-0.3, -0.25) is 4.79 Å². The Bertz CT molecular complexity index is 548. The number of aliphatic hydroxyl groups excluding tert-OH is 1. The summed E-state index contributed by atoms with van der Waals surface area (Å²) < 4.78 is 7.06. The quantitative estimate of drug-likeness (QED) is 0.811. The van der Waals surface area contributed by atoms with E-state index in [0.29, 0.717) is 0 Å². The van der Waals surface area contributed by atoms with Crippen molar-refractivity contribution in [2.45, 2.75) is 26.4 Å². The Labute approximate surface area is 105 Å². The SMILES string of the molecule is CCc1c(COC(=O)CCO)nc2ccccn12. The van der Waals surface area contributed by atoms with Crippen molar-refractivity contribution in [3.8, 4) is 0 Å². The summed E-state index contributed by atoms with van der Waals surface area (Å²) in [6.07, 6.45) is 2.78. The van der Waals surface area contributed by atoms with Gasteiger partial charge in [0.05, 0.1) is 13.0 Å². The first kappa shape index (κ1) is 12.6. The number of aryl methyl sites for hydroxylation is 1. The Morgan fingerprint density at radius 1 is 1.50 bits per heavy atom. The summed E-state index contributed by atoms with van der Waals surface area (Å²) in [5, 5.41) is 8.63. The van der Waals surface area contributed by atoms with Gasteiger partial charge in [-0.2, -0.15) is 0 Å². The van der Waals surface area contributed by atoms with E-state index in [1.165, 1.54) is 0 Å². The van der Waals surface area contributed by atoms with E-state index >= 15 is 0 Å². The number of esters is 1. The van der Waals surface area contributed by atoms with Gasteiger partial charge in [-0.15, -0.1) is 0 Å². The molecule has 2 aromatic heterocycles. The van der Waals surface area contributed by atoms with E-state index in [1.807, 2.05) is 35.7 Å². The maximum atomic E-state index is 11.2. The minimum absolute atomic E-state index is 0.0226. The number of ether oxygens (including phenoxy) is 1. The molecule has 2 heterocycles. The number of nitrogens with zero attached hydrogens (tertiary/aromatic N) is 2. The summed E-state index contributed by atoms with van der Waals surface area (Å²) in [6, 6.07) is 5.77. The van der Waals surface area contributed by atoms with Crippen LogP contribution in [0.2, 0.25) is 0 Å². The van der Waals surface area contributed by atoms with Gasteiger partial charge in [0.15, 0.2) is 0 Å². The molecule has 0 radical (unpaired) electrons. The predicted molar refractivity (Wildman–Crippen MR) is 66.1 cm³/mol. The number of aromatic nitrogens is 2. The molecule has 0 aromatic carbocycles. The van der Waals surface area contributed by atoms with Gasteiger partial charge in [-0.25, -0.2) is 4.98 Å². The van der Waals surface area contributed by atoms with Crippen LogP contribution >= 0.6 is 0 Å². The van der Waals surface area contributed by atoms with Crippen LogP contribution in [0.5, 0.6) is 0 Å². The molecule has 0 atom stereocenters. The zero-order valence-corrected chi connectivity index (χ0v) is 10.3. The lowest BCUT2D eigenvalue weighted by Gasteiger charge is -2.03. The second kappa shape index (κ2) is 5.64. The molecule has 0 amide bonds. The molecular formula is C13H16N2O3. The average molecular weight is 248 g/mol. The van der Waals surface area contributed by atoms with Crippen LogP contribution in [0.25, 0.3) is 5.65 Å². The molecule has 2 rings (SSSR count). The normalized spacial score (nSPS) is 10.8. The molecular weight excluding hydrogens is 232 g/mol. The first-order valence-electron chi connectivity index (χ1n) is 5.97. The van der Waals surface area contributed by atoms with Gasteiger partial charge in [0.1, 0.15) is 17.9 Å². The van der Waals surface area contributed by atoms with Gasteiger partial charge >= 0.3 is 5.97 Å². The lowest BCUT2D eigenvalue weighted by atomic mass is 10.2. The van der Waals surface area contributed by atoms with E-state index in [4.69, 9.17) is 9.84 Å². The smallest absolute Gasteiger partial charge is 0.308 e. The maximum absolute atomic E-state index is 11.2. The number of carbonyl (C=O) groups excluding carboxylic acids is 1. The Morgan fingerprint density at radius 2 is 2.33 bits per heavy atom. The summed E-state index contributed by atoms with van der Waals surface area (Å²) >= 11 is 0. The fourth-order valence-corrected chi connectivity index (χ4v) is 1.90. The molecule has 0 unspecified atom stereocenters. The van der Waals surface area contributed by atoms with Crippen molar-refractivity contribution in [1.29, 1.82) is 0 Å². The summed E-state index contributed by atoms with van der Waals surface area (Å²) in [5.41, 5.74) is 2.67. The monoisotopic (exact) mass is 248 g/mol. The fraction of sp³-hybridized carbons (Fsp3) is 0.385. The van der Waals surface area contributed by atoms with E-state index in [0.717, 1.165) is 23.5 Å². The third-order valence-electron chi connectivity index (χ3n) is 2.73. The summed E-state index contributed by atoms with van der Waals surface area (Å²) in [4.78, 5) is 15.7. The number of aliphatic hydroxyl groups is 1. The molecule has 0 fully saturated rings. The van der Waals surface area contributed by atoms with Crippen molar-refractivity contribution in [1.82, 2.24) is 9.38 Å². The van der Waals surface area contributed by atoms with Crippen LogP contribution in [0.1, 0.15) is 24.7 Å². The molecule has 0 bridgehead atoms. The van der Waals surface area contributed by atoms with Crippen LogP contribution in [0.3, 0.4) is 0 Å². The van der Waals surface area contributed by atoms with Crippen LogP contribution < -0.4 is 0 Å². The standard InChI is InChI=1S/C13H16N2O3/c1-2-11-10(9-18-13(17)6-8-16)14-12-5-3-4-7-15(11)12/h3-5,7,16H,2,6,8-9H2,1H3. The largest absolute Gasteiger partial charge is 0.459 e. The van der Waals surface area contributed by atoms with Crippen LogP contribution in [0, 0.1) is 0 Å². The lowest BCUT2D eigenvalue weighted by Crippen LogP contribution is -2.07. The van der Waals surface area contributed by atoms with Crippen molar-refractivity contribution in [2.75, 3.05) is 6.61 Å². The highest BCUT2D eigenvalue weighted by Crippen LogP contribution is 2.14. The summed E-state index contributed by atoms with van der Waals surface area (Å²) in [6.45, 7) is 2.00. The van der Waals surface area contributed by atoms with Crippen molar-refractivity contribution in [3.05, 3.63) is 35.8 Å². The number of hydrogen-bond acceptors (Lipinski definition) is 4. The van der Waals surface area contributed by atoms with Gasteiger partial charge in [0, 0.05) is 11.9 Å².